The number of ether oxygens (including phenoxy) is 1. The van der Waals surface area contributed by atoms with Crippen molar-refractivity contribution in [2.24, 2.45) is 11.1 Å². The molecular weight excluding hydrogens is 270 g/mol. The van der Waals surface area contributed by atoms with E-state index >= 15 is 0 Å². The predicted octanol–water partition coefficient (Wildman–Crippen LogP) is 0.211. The Morgan fingerprint density at radius 3 is 2.24 bits per heavy atom. The molecule has 0 saturated carbocycles. The van der Waals surface area contributed by atoms with Gasteiger partial charge in [-0.1, -0.05) is 13.8 Å². The molecule has 0 spiro atoms. The molecule has 2 N–H and O–H groups in total. The van der Waals surface area contributed by atoms with Crippen LogP contribution in [-0.4, -0.2) is 67.0 Å². The lowest BCUT2D eigenvalue weighted by atomic mass is 9.79. The minimum Gasteiger partial charge on any atom is -0.378 e. The molecule has 2 rings (SSSR count). The molecule has 2 saturated heterocycles. The zero-order chi connectivity index (χ0) is 15.5. The Balaban J connectivity index is 1.78. The molecule has 0 aromatic carbocycles. The number of piperidine rings is 1. The van der Waals surface area contributed by atoms with E-state index in [-0.39, 0.29) is 23.3 Å². The summed E-state index contributed by atoms with van der Waals surface area (Å²) in [5.41, 5.74) is 6.03. The summed E-state index contributed by atoms with van der Waals surface area (Å²) in [6, 6.07) is 0.136. The van der Waals surface area contributed by atoms with E-state index in [9.17, 15) is 9.59 Å². The van der Waals surface area contributed by atoms with Gasteiger partial charge in [0.15, 0.2) is 0 Å². The molecule has 2 heterocycles. The SMILES string of the molecule is CC1(C)CN(C(=O)CCC(=O)N2CCOCC2)CCC1N. The summed E-state index contributed by atoms with van der Waals surface area (Å²) >= 11 is 0. The van der Waals surface area contributed by atoms with Crippen LogP contribution in [0.4, 0.5) is 0 Å². The number of rotatable bonds is 3. The highest BCUT2D eigenvalue weighted by atomic mass is 16.5. The number of nitrogens with zero attached hydrogens (tertiary/aromatic N) is 2. The number of morpholine rings is 1. The lowest BCUT2D eigenvalue weighted by Crippen LogP contribution is -2.54. The third kappa shape index (κ3) is 4.17. The molecule has 120 valence electrons. The molecular formula is C15H27N3O3. The van der Waals surface area contributed by atoms with Gasteiger partial charge in [0.1, 0.15) is 0 Å². The lowest BCUT2D eigenvalue weighted by molar-refractivity contribution is -0.140. The van der Waals surface area contributed by atoms with Crippen LogP contribution >= 0.6 is 0 Å². The van der Waals surface area contributed by atoms with Crippen LogP contribution < -0.4 is 5.73 Å². The molecule has 6 nitrogen and oxygen atoms in total. The van der Waals surface area contributed by atoms with Crippen molar-refractivity contribution in [1.29, 1.82) is 0 Å². The fourth-order valence-electron chi connectivity index (χ4n) is 2.93. The molecule has 1 unspecified atom stereocenters. The van der Waals surface area contributed by atoms with Gasteiger partial charge in [0.2, 0.25) is 11.8 Å². The van der Waals surface area contributed by atoms with Crippen molar-refractivity contribution >= 4 is 11.8 Å². The molecule has 2 aliphatic rings. The fraction of sp³-hybridized carbons (Fsp3) is 0.867. The number of hydrogen-bond acceptors (Lipinski definition) is 4. The van der Waals surface area contributed by atoms with Crippen molar-refractivity contribution in [3.8, 4) is 0 Å². The number of amides is 2. The smallest absolute Gasteiger partial charge is 0.223 e. The second-order valence-electron chi connectivity index (χ2n) is 6.69. The third-order valence-corrected chi connectivity index (χ3v) is 4.58. The molecule has 2 amide bonds. The van der Waals surface area contributed by atoms with E-state index in [1.54, 1.807) is 4.90 Å². The standard InChI is InChI=1S/C15H27N3O3/c1-15(2)11-18(6-5-12(15)16)14(20)4-3-13(19)17-7-9-21-10-8-17/h12H,3-11,16H2,1-2H3. The van der Waals surface area contributed by atoms with E-state index < -0.39 is 0 Å². The van der Waals surface area contributed by atoms with Gasteiger partial charge in [-0.2, -0.15) is 0 Å². The van der Waals surface area contributed by atoms with Gasteiger partial charge in [0.25, 0.3) is 0 Å². The quantitative estimate of drug-likeness (QED) is 0.808. The first-order valence-electron chi connectivity index (χ1n) is 7.79. The maximum Gasteiger partial charge on any atom is 0.223 e. The number of likely N-dealkylation sites (tertiary alicyclic amines) is 1. The zero-order valence-corrected chi connectivity index (χ0v) is 13.1. The van der Waals surface area contributed by atoms with E-state index in [0.717, 1.165) is 6.42 Å². The Labute approximate surface area is 126 Å². The second kappa shape index (κ2) is 6.75. The minimum atomic E-state index is -0.0534. The fourth-order valence-corrected chi connectivity index (χ4v) is 2.93. The maximum atomic E-state index is 12.3. The molecule has 21 heavy (non-hydrogen) atoms. The van der Waals surface area contributed by atoms with Crippen LogP contribution in [0.25, 0.3) is 0 Å². The van der Waals surface area contributed by atoms with E-state index in [0.29, 0.717) is 52.2 Å². The monoisotopic (exact) mass is 297 g/mol. The van der Waals surface area contributed by atoms with Crippen molar-refractivity contribution in [1.82, 2.24) is 9.80 Å². The molecule has 0 radical (unpaired) electrons. The van der Waals surface area contributed by atoms with E-state index in [2.05, 4.69) is 13.8 Å². The Morgan fingerprint density at radius 2 is 1.67 bits per heavy atom. The van der Waals surface area contributed by atoms with Crippen LogP contribution in [-0.2, 0) is 14.3 Å². The molecule has 0 aliphatic carbocycles. The summed E-state index contributed by atoms with van der Waals surface area (Å²) in [5.74, 6) is 0.121. The lowest BCUT2D eigenvalue weighted by Gasteiger charge is -2.42. The number of carbonyl (C=O) groups excluding carboxylic acids is 2. The molecule has 1 atom stereocenters. The summed E-state index contributed by atoms with van der Waals surface area (Å²) in [6.07, 6.45) is 1.42. The number of hydrogen-bond donors (Lipinski definition) is 1. The average molecular weight is 297 g/mol. The molecule has 6 heteroatoms. The summed E-state index contributed by atoms with van der Waals surface area (Å²) in [5, 5.41) is 0. The van der Waals surface area contributed by atoms with Crippen molar-refractivity contribution < 1.29 is 14.3 Å². The van der Waals surface area contributed by atoms with Gasteiger partial charge >= 0.3 is 0 Å². The van der Waals surface area contributed by atoms with Gasteiger partial charge in [-0.25, -0.2) is 0 Å². The summed E-state index contributed by atoms with van der Waals surface area (Å²) < 4.78 is 5.22. The van der Waals surface area contributed by atoms with Gasteiger partial charge in [0.05, 0.1) is 13.2 Å². The van der Waals surface area contributed by atoms with Crippen molar-refractivity contribution in [3.63, 3.8) is 0 Å². The first-order valence-corrected chi connectivity index (χ1v) is 7.79. The van der Waals surface area contributed by atoms with Crippen molar-refractivity contribution in [2.45, 2.75) is 39.2 Å². The Bertz CT molecular complexity index is 392. The minimum absolute atomic E-state index is 0.0534. The molecule has 2 aliphatic heterocycles. The topological polar surface area (TPSA) is 75.9 Å². The van der Waals surface area contributed by atoms with Crippen LogP contribution in [0.15, 0.2) is 0 Å². The van der Waals surface area contributed by atoms with Crippen molar-refractivity contribution in [2.75, 3.05) is 39.4 Å². The number of carbonyl (C=O) groups is 2. The molecule has 0 aromatic rings. The van der Waals surface area contributed by atoms with Gasteiger partial charge in [-0.05, 0) is 11.8 Å². The Hall–Kier alpha value is -1.14. The van der Waals surface area contributed by atoms with Crippen LogP contribution in [0.3, 0.4) is 0 Å². The molecule has 0 aromatic heterocycles. The molecule has 0 bridgehead atoms. The average Bonchev–Trinajstić information content (AvgIpc) is 2.48. The third-order valence-electron chi connectivity index (χ3n) is 4.58. The first-order chi connectivity index (χ1) is 9.90. The first kappa shape index (κ1) is 16.2. The van der Waals surface area contributed by atoms with Gasteiger partial charge in [-0.15, -0.1) is 0 Å². The van der Waals surface area contributed by atoms with Crippen LogP contribution in [0, 0.1) is 5.41 Å². The normalized spacial score (nSPS) is 25.8. The van der Waals surface area contributed by atoms with Crippen LogP contribution in [0.1, 0.15) is 33.1 Å². The van der Waals surface area contributed by atoms with Crippen LogP contribution in [0.2, 0.25) is 0 Å². The summed E-state index contributed by atoms with van der Waals surface area (Å²) in [4.78, 5) is 28.0. The Kier molecular flexibility index (Phi) is 5.22. The zero-order valence-electron chi connectivity index (χ0n) is 13.1. The predicted molar refractivity (Wildman–Crippen MR) is 79.6 cm³/mol. The highest BCUT2D eigenvalue weighted by Crippen LogP contribution is 2.28. The number of nitrogens with two attached hydrogens (primary N) is 1. The Morgan fingerprint density at radius 1 is 1.10 bits per heavy atom. The summed E-state index contributed by atoms with van der Waals surface area (Å²) in [6.45, 7) is 8.03. The van der Waals surface area contributed by atoms with Gasteiger partial charge in [0, 0.05) is 45.1 Å². The van der Waals surface area contributed by atoms with Crippen LogP contribution in [0.5, 0.6) is 0 Å². The highest BCUT2D eigenvalue weighted by Gasteiger charge is 2.35. The highest BCUT2D eigenvalue weighted by molar-refractivity contribution is 5.84. The molecule has 2 fully saturated rings. The second-order valence-corrected chi connectivity index (χ2v) is 6.69. The van der Waals surface area contributed by atoms with Gasteiger partial charge < -0.3 is 20.3 Å². The van der Waals surface area contributed by atoms with Crippen molar-refractivity contribution in [3.05, 3.63) is 0 Å². The largest absolute Gasteiger partial charge is 0.378 e. The summed E-state index contributed by atoms with van der Waals surface area (Å²) in [7, 11) is 0. The van der Waals surface area contributed by atoms with E-state index in [1.165, 1.54) is 0 Å². The van der Waals surface area contributed by atoms with E-state index in [1.807, 2.05) is 4.90 Å². The maximum absolute atomic E-state index is 12.3. The van der Waals surface area contributed by atoms with Gasteiger partial charge in [-0.3, -0.25) is 9.59 Å². The van der Waals surface area contributed by atoms with E-state index in [4.69, 9.17) is 10.5 Å².